The SMILES string of the molecule is CCC(CC(C)c1ccc(S(=O)(=O)Nc2ccccc2C)cc1)C(=O)OC.CCCCN(C)CCOC(=O)C(CC)CC(C)(C)C(=O)NS(=O)(=O)c1ccccc1C.CCCOC(=O)C(CC)CC(C)(CC(C)c1ccc(S(=O)(=O)Nc2ccccc2C)cc1)C(=O)OC. The van der Waals surface area contributed by atoms with Gasteiger partial charge in [-0.3, -0.25) is 33.4 Å². The number of nitrogens with zero attached hydrogens (tertiary/aromatic N) is 1. The summed E-state index contributed by atoms with van der Waals surface area (Å²) in [6, 6.07) is 34.4. The highest BCUT2D eigenvalue weighted by Crippen LogP contribution is 2.40. The molecule has 0 spiro atoms. The fourth-order valence-corrected chi connectivity index (χ4v) is 14.3. The number of carbonyl (C=O) groups excluding carboxylic acids is 5. The van der Waals surface area contributed by atoms with E-state index in [1.54, 1.807) is 112 Å². The number of anilines is 2. The van der Waals surface area contributed by atoms with Gasteiger partial charge in [0.2, 0.25) is 5.91 Å². The van der Waals surface area contributed by atoms with Crippen molar-refractivity contribution in [2.24, 2.45) is 28.6 Å². The summed E-state index contributed by atoms with van der Waals surface area (Å²) < 4.78 is 104. The van der Waals surface area contributed by atoms with Crippen LogP contribution in [-0.4, -0.2) is 108 Å². The number of rotatable bonds is 34. The summed E-state index contributed by atoms with van der Waals surface area (Å²) in [5, 5.41) is 0. The number of nitrogens with one attached hydrogen (secondary N) is 3. The average Bonchev–Trinajstić information content (AvgIpc) is 0.837. The number of aryl methyl sites for hydroxylation is 3. The van der Waals surface area contributed by atoms with E-state index in [1.165, 1.54) is 20.3 Å². The molecule has 22 heteroatoms. The highest BCUT2D eigenvalue weighted by atomic mass is 32.2. The van der Waals surface area contributed by atoms with Crippen LogP contribution in [0.3, 0.4) is 0 Å². The van der Waals surface area contributed by atoms with Gasteiger partial charge in [0, 0.05) is 12.0 Å². The van der Waals surface area contributed by atoms with Gasteiger partial charge in [0.1, 0.15) is 6.61 Å². The Morgan fingerprint density at radius 2 is 0.947 bits per heavy atom. The first-order valence-corrected chi connectivity index (χ1v) is 36.8. The van der Waals surface area contributed by atoms with Crippen LogP contribution in [0.15, 0.2) is 136 Å². The Morgan fingerprint density at radius 1 is 0.500 bits per heavy atom. The highest BCUT2D eigenvalue weighted by Gasteiger charge is 2.41. The zero-order valence-corrected chi connectivity index (χ0v) is 60.6. The van der Waals surface area contributed by atoms with Crippen LogP contribution in [-0.2, 0) is 73.0 Å². The van der Waals surface area contributed by atoms with Crippen molar-refractivity contribution in [1.29, 1.82) is 0 Å². The number of likely N-dealkylation sites (N-methyl/N-ethyl adjacent to an activating group) is 1. The fourth-order valence-electron chi connectivity index (χ4n) is 10.7. The maximum atomic E-state index is 12.9. The first kappa shape index (κ1) is 81.1. The van der Waals surface area contributed by atoms with Crippen LogP contribution >= 0.6 is 0 Å². The summed E-state index contributed by atoms with van der Waals surface area (Å²) in [6.07, 6.45) is 6.33. The Bertz CT molecular complexity index is 3580. The second kappa shape index (κ2) is 38.4. The number of methoxy groups -OCH3 is 2. The Labute approximate surface area is 561 Å². The van der Waals surface area contributed by atoms with Gasteiger partial charge in [-0.05, 0) is 181 Å². The van der Waals surface area contributed by atoms with Crippen molar-refractivity contribution in [1.82, 2.24) is 9.62 Å². The standard InChI is InChI=1S/C28H39NO6S.C23H38N2O5S.C21H27NO4S/c1-7-17-35-26(30)22(8-2)19-28(5,27(31)34-6)18-21(4)23-13-15-24(16-14-23)36(32,33)29-25-12-10-9-11-20(25)3;1-7-9-14-25(6)15-16-30-21(26)19(8-2)17-23(4,5)22(27)24-31(28,29)20-13-11-10-12-18(20)3;1-5-17(21(23)26-4)14-16(3)18-10-12-19(13-11-18)27(24,25)22-20-9-7-6-8-15(20)2/h9-16,21-22,29H,7-8,17-19H2,1-6H3;10-13,19H,7-9,14-17H2,1-6H3,(H,24,27);6-13,16-17,22H,5,14H2,1-4H3. The third kappa shape index (κ3) is 25.2. The van der Waals surface area contributed by atoms with E-state index < -0.39 is 58.6 Å². The van der Waals surface area contributed by atoms with Crippen molar-refractivity contribution in [2.75, 3.05) is 57.0 Å². The van der Waals surface area contributed by atoms with Crippen LogP contribution in [0.4, 0.5) is 11.4 Å². The quantitative estimate of drug-likeness (QED) is 0.0255. The van der Waals surface area contributed by atoms with Gasteiger partial charge in [0.15, 0.2) is 0 Å². The summed E-state index contributed by atoms with van der Waals surface area (Å²) in [5.41, 5.74) is 3.26. The molecule has 6 unspecified atom stereocenters. The molecule has 94 heavy (non-hydrogen) atoms. The van der Waals surface area contributed by atoms with Crippen LogP contribution < -0.4 is 14.2 Å². The third-order valence-corrected chi connectivity index (χ3v) is 21.0. The van der Waals surface area contributed by atoms with Crippen molar-refractivity contribution in [3.63, 3.8) is 0 Å². The Balaban J connectivity index is 0.000000371. The molecule has 19 nitrogen and oxygen atoms in total. The van der Waals surface area contributed by atoms with Crippen LogP contribution in [0.2, 0.25) is 0 Å². The molecule has 0 aliphatic carbocycles. The average molecular weight is 1360 g/mol. The minimum Gasteiger partial charge on any atom is -0.469 e. The van der Waals surface area contributed by atoms with Gasteiger partial charge in [-0.25, -0.2) is 30.0 Å². The van der Waals surface area contributed by atoms with Crippen molar-refractivity contribution in [2.45, 2.75) is 181 Å². The maximum Gasteiger partial charge on any atom is 0.311 e. The van der Waals surface area contributed by atoms with E-state index in [0.29, 0.717) is 75.2 Å². The molecule has 0 heterocycles. The molecule has 5 aromatic carbocycles. The van der Waals surface area contributed by atoms with Gasteiger partial charge in [-0.1, -0.05) is 148 Å². The van der Waals surface area contributed by atoms with E-state index in [1.807, 2.05) is 93.6 Å². The molecule has 0 saturated heterocycles. The first-order valence-electron chi connectivity index (χ1n) is 32.4. The predicted octanol–water partition coefficient (Wildman–Crippen LogP) is 13.8. The normalized spacial score (nSPS) is 13.9. The molecule has 0 saturated carbocycles. The lowest BCUT2D eigenvalue weighted by Crippen LogP contribution is -2.42. The van der Waals surface area contributed by atoms with Gasteiger partial charge in [0.05, 0.1) is 70.1 Å². The van der Waals surface area contributed by atoms with Crippen LogP contribution in [0.5, 0.6) is 0 Å². The van der Waals surface area contributed by atoms with Crippen molar-refractivity contribution in [3.05, 3.63) is 149 Å². The first-order chi connectivity index (χ1) is 44.2. The Morgan fingerprint density at radius 3 is 1.38 bits per heavy atom. The number of unbranched alkanes of at least 4 members (excludes halogenated alkanes) is 1. The van der Waals surface area contributed by atoms with E-state index >= 15 is 0 Å². The van der Waals surface area contributed by atoms with E-state index in [2.05, 4.69) is 26.0 Å². The van der Waals surface area contributed by atoms with Crippen LogP contribution in [0.25, 0.3) is 0 Å². The largest absolute Gasteiger partial charge is 0.469 e. The number of esters is 4. The molecule has 520 valence electrons. The number of ether oxygens (including phenoxy) is 4. The lowest BCUT2D eigenvalue weighted by molar-refractivity contribution is -0.157. The zero-order valence-electron chi connectivity index (χ0n) is 58.1. The summed E-state index contributed by atoms with van der Waals surface area (Å²) in [7, 11) is -6.64. The minimum absolute atomic E-state index is 0.0674. The van der Waals surface area contributed by atoms with E-state index in [4.69, 9.17) is 18.9 Å². The van der Waals surface area contributed by atoms with Gasteiger partial charge < -0.3 is 23.8 Å². The van der Waals surface area contributed by atoms with E-state index in [-0.39, 0.29) is 62.7 Å². The molecule has 0 radical (unpaired) electrons. The molecular formula is C72H104N4O15S3. The molecule has 5 rings (SSSR count). The monoisotopic (exact) mass is 1360 g/mol. The second-order valence-electron chi connectivity index (χ2n) is 25.1. The maximum absolute atomic E-state index is 12.9. The summed E-state index contributed by atoms with van der Waals surface area (Å²) in [5.74, 6) is -2.88. The number of amides is 1. The molecule has 0 fully saturated rings. The smallest absolute Gasteiger partial charge is 0.311 e. The lowest BCUT2D eigenvalue weighted by Gasteiger charge is -2.32. The number of sulfonamides is 3. The fraction of sp³-hybridized carbons (Fsp3) is 0.514. The molecule has 0 aliphatic rings. The molecular weight excluding hydrogens is 1260 g/mol. The third-order valence-electron chi connectivity index (χ3n) is 16.8. The molecule has 0 aliphatic heterocycles. The molecule has 1 amide bonds. The number of para-hydroxylation sites is 2. The molecule has 0 bridgehead atoms. The van der Waals surface area contributed by atoms with Gasteiger partial charge >= 0.3 is 23.9 Å². The van der Waals surface area contributed by atoms with Crippen molar-refractivity contribution in [3.8, 4) is 0 Å². The van der Waals surface area contributed by atoms with Crippen LogP contribution in [0.1, 0.15) is 173 Å². The molecule has 3 N–H and O–H groups in total. The molecule has 5 aromatic rings. The van der Waals surface area contributed by atoms with Gasteiger partial charge in [0.25, 0.3) is 30.1 Å². The van der Waals surface area contributed by atoms with Gasteiger partial charge in [-0.2, -0.15) is 0 Å². The van der Waals surface area contributed by atoms with Crippen LogP contribution in [0, 0.1) is 49.4 Å². The highest BCUT2D eigenvalue weighted by molar-refractivity contribution is 7.93. The topological polar surface area (TPSA) is 264 Å². The minimum atomic E-state index is -3.99. The second-order valence-corrected chi connectivity index (χ2v) is 30.1. The lowest BCUT2D eigenvalue weighted by atomic mass is 9.73. The van der Waals surface area contributed by atoms with Crippen molar-refractivity contribution >= 4 is 71.2 Å². The number of hydrogen-bond acceptors (Lipinski definition) is 16. The molecule has 0 aromatic heterocycles. The number of benzene rings is 5. The summed E-state index contributed by atoms with van der Waals surface area (Å²) in [4.78, 5) is 65.0. The summed E-state index contributed by atoms with van der Waals surface area (Å²) in [6.45, 7) is 26.5. The number of carbonyl (C=O) groups is 5. The van der Waals surface area contributed by atoms with E-state index in [9.17, 15) is 49.2 Å². The van der Waals surface area contributed by atoms with Gasteiger partial charge in [-0.15, -0.1) is 0 Å². The molecule has 6 atom stereocenters. The zero-order chi connectivity index (χ0) is 70.6. The Kier molecular flexibility index (Phi) is 33.1. The summed E-state index contributed by atoms with van der Waals surface area (Å²) >= 11 is 0. The Hall–Kier alpha value is -7.14. The van der Waals surface area contributed by atoms with E-state index in [0.717, 1.165) is 48.1 Å². The van der Waals surface area contributed by atoms with Crippen molar-refractivity contribution < 1.29 is 68.2 Å². The number of hydrogen-bond donors (Lipinski definition) is 3. The predicted molar refractivity (Wildman–Crippen MR) is 371 cm³/mol.